The van der Waals surface area contributed by atoms with Crippen LogP contribution in [0.25, 0.3) is 11.0 Å². The topological polar surface area (TPSA) is 137 Å². The van der Waals surface area contributed by atoms with Crippen molar-refractivity contribution in [1.82, 2.24) is 15.0 Å². The Labute approximate surface area is 168 Å². The van der Waals surface area contributed by atoms with Crippen molar-refractivity contribution < 1.29 is 19.2 Å². The molecule has 2 heterocycles. The summed E-state index contributed by atoms with van der Waals surface area (Å²) in [4.78, 5) is 45.8. The third-order valence-electron chi connectivity index (χ3n) is 3.81. The van der Waals surface area contributed by atoms with Crippen LogP contribution in [-0.2, 0) is 4.74 Å². The predicted molar refractivity (Wildman–Crippen MR) is 106 cm³/mol. The number of ether oxygens (including phenoxy) is 2. The Morgan fingerprint density at radius 2 is 2.10 bits per heavy atom. The van der Waals surface area contributed by atoms with E-state index in [0.717, 1.165) is 0 Å². The molecule has 0 atom stereocenters. The van der Waals surface area contributed by atoms with Gasteiger partial charge < -0.3 is 14.5 Å². The number of thioether (sulfide) groups is 1. The third-order valence-corrected chi connectivity index (χ3v) is 4.65. The molecule has 1 N–H and O–H groups in total. The highest BCUT2D eigenvalue weighted by atomic mass is 32.2. The monoisotopic (exact) mass is 416 g/mol. The second-order valence-corrected chi connectivity index (χ2v) is 6.91. The lowest BCUT2D eigenvalue weighted by Crippen LogP contribution is -2.16. The van der Waals surface area contributed by atoms with Crippen LogP contribution in [0.4, 0.5) is 5.69 Å². The molecule has 0 saturated heterocycles. The fourth-order valence-electron chi connectivity index (χ4n) is 2.57. The molecule has 0 spiro atoms. The van der Waals surface area contributed by atoms with Gasteiger partial charge in [0.25, 0.3) is 11.2 Å². The summed E-state index contributed by atoms with van der Waals surface area (Å²) in [6.45, 7) is 1.93. The summed E-state index contributed by atoms with van der Waals surface area (Å²) in [5.41, 5.74) is 0.232. The van der Waals surface area contributed by atoms with Crippen LogP contribution in [0, 0.1) is 17.0 Å². The minimum absolute atomic E-state index is 0.0569. The molecule has 150 valence electrons. The van der Waals surface area contributed by atoms with Crippen LogP contribution in [0.3, 0.4) is 0 Å². The number of hydrogen-bond acceptors (Lipinski definition) is 9. The van der Waals surface area contributed by atoms with E-state index in [-0.39, 0.29) is 28.9 Å². The highest BCUT2D eigenvalue weighted by Crippen LogP contribution is 2.21. The molecule has 0 aliphatic carbocycles. The normalized spacial score (nSPS) is 10.7. The molecule has 0 radical (unpaired) electrons. The van der Waals surface area contributed by atoms with E-state index < -0.39 is 16.5 Å². The standard InChI is InChI=1S/C18H16N4O6S/c1-10-8-13(17(24)27-2)14-15(19-10)20-18(21-16(14)23)29-7-6-28-12-5-3-4-11(9-12)22(25)26/h3-5,8-9H,6-7H2,1-2H3,(H,19,20,21,23). The number of non-ortho nitro benzene ring substituents is 1. The number of pyridine rings is 1. The lowest BCUT2D eigenvalue weighted by atomic mass is 10.1. The fraction of sp³-hybridized carbons (Fsp3) is 0.222. The van der Waals surface area contributed by atoms with E-state index in [1.807, 2.05) is 0 Å². The fourth-order valence-corrected chi connectivity index (χ4v) is 3.25. The first kappa shape index (κ1) is 20.3. The van der Waals surface area contributed by atoms with Crippen molar-refractivity contribution in [2.45, 2.75) is 12.1 Å². The van der Waals surface area contributed by atoms with Crippen LogP contribution in [-0.4, -0.2) is 45.3 Å². The minimum atomic E-state index is -0.640. The van der Waals surface area contributed by atoms with Gasteiger partial charge in [-0.05, 0) is 19.1 Å². The average Bonchev–Trinajstić information content (AvgIpc) is 2.69. The second-order valence-electron chi connectivity index (χ2n) is 5.82. The number of esters is 1. The quantitative estimate of drug-likeness (QED) is 0.154. The number of fused-ring (bicyclic) bond motifs is 1. The molecule has 1 aromatic carbocycles. The Balaban J connectivity index is 1.73. The van der Waals surface area contributed by atoms with Gasteiger partial charge in [0.05, 0.1) is 35.7 Å². The van der Waals surface area contributed by atoms with E-state index in [1.165, 1.54) is 43.1 Å². The minimum Gasteiger partial charge on any atom is -0.492 e. The van der Waals surface area contributed by atoms with E-state index in [4.69, 9.17) is 9.47 Å². The van der Waals surface area contributed by atoms with Crippen molar-refractivity contribution in [2.24, 2.45) is 0 Å². The van der Waals surface area contributed by atoms with Gasteiger partial charge in [0.1, 0.15) is 5.75 Å². The molecule has 11 heteroatoms. The third kappa shape index (κ3) is 4.69. The number of nitrogens with one attached hydrogen (secondary N) is 1. The summed E-state index contributed by atoms with van der Waals surface area (Å²) in [6, 6.07) is 7.35. The van der Waals surface area contributed by atoms with Gasteiger partial charge in [0, 0.05) is 17.5 Å². The Kier molecular flexibility index (Phi) is 6.07. The lowest BCUT2D eigenvalue weighted by Gasteiger charge is -2.08. The van der Waals surface area contributed by atoms with E-state index in [2.05, 4.69) is 15.0 Å². The van der Waals surface area contributed by atoms with Gasteiger partial charge >= 0.3 is 5.97 Å². The molecule has 0 saturated carbocycles. The van der Waals surface area contributed by atoms with Crippen molar-refractivity contribution in [3.63, 3.8) is 0 Å². The molecule has 10 nitrogen and oxygen atoms in total. The first-order valence-corrected chi connectivity index (χ1v) is 9.37. The maximum atomic E-state index is 12.5. The molecule has 0 unspecified atom stereocenters. The first-order valence-electron chi connectivity index (χ1n) is 8.39. The van der Waals surface area contributed by atoms with Gasteiger partial charge in [0.2, 0.25) is 0 Å². The summed E-state index contributed by atoms with van der Waals surface area (Å²) in [7, 11) is 1.23. The SMILES string of the molecule is COC(=O)c1cc(C)nc2nc(SCCOc3cccc([N+](=O)[O-])c3)[nH]c(=O)c12. The van der Waals surface area contributed by atoms with E-state index in [0.29, 0.717) is 22.4 Å². The summed E-state index contributed by atoms with van der Waals surface area (Å²) < 4.78 is 10.2. The van der Waals surface area contributed by atoms with E-state index >= 15 is 0 Å². The van der Waals surface area contributed by atoms with Crippen LogP contribution < -0.4 is 10.3 Å². The number of carbonyl (C=O) groups excluding carboxylic acids is 1. The first-order chi connectivity index (χ1) is 13.9. The number of nitro groups is 1. The van der Waals surface area contributed by atoms with Crippen LogP contribution in [0.1, 0.15) is 16.1 Å². The zero-order valence-corrected chi connectivity index (χ0v) is 16.3. The van der Waals surface area contributed by atoms with Gasteiger partial charge in [-0.3, -0.25) is 14.9 Å². The van der Waals surface area contributed by atoms with Crippen molar-refractivity contribution >= 4 is 34.5 Å². The highest BCUT2D eigenvalue weighted by Gasteiger charge is 2.17. The number of rotatable bonds is 7. The van der Waals surface area contributed by atoms with Gasteiger partial charge in [0.15, 0.2) is 10.8 Å². The Bertz CT molecular complexity index is 1150. The lowest BCUT2D eigenvalue weighted by molar-refractivity contribution is -0.384. The number of aromatic amines is 1. The second kappa shape index (κ2) is 8.69. The smallest absolute Gasteiger partial charge is 0.338 e. The summed E-state index contributed by atoms with van der Waals surface area (Å²) in [6.07, 6.45) is 0. The largest absolute Gasteiger partial charge is 0.492 e. The predicted octanol–water partition coefficient (Wildman–Crippen LogP) is 2.49. The number of aryl methyl sites for hydroxylation is 1. The number of methoxy groups -OCH3 is 1. The number of aromatic nitrogens is 3. The zero-order valence-electron chi connectivity index (χ0n) is 15.5. The van der Waals surface area contributed by atoms with Gasteiger partial charge in [-0.2, -0.15) is 0 Å². The molecule has 0 aliphatic rings. The summed E-state index contributed by atoms with van der Waals surface area (Å²) >= 11 is 1.22. The van der Waals surface area contributed by atoms with Crippen molar-refractivity contribution in [1.29, 1.82) is 0 Å². The van der Waals surface area contributed by atoms with Crippen molar-refractivity contribution in [2.75, 3.05) is 19.5 Å². The molecule has 3 aromatic rings. The van der Waals surface area contributed by atoms with Crippen molar-refractivity contribution in [3.05, 3.63) is 62.1 Å². The number of hydrogen-bond donors (Lipinski definition) is 1. The molecule has 2 aromatic heterocycles. The van der Waals surface area contributed by atoms with Crippen LogP contribution in [0.2, 0.25) is 0 Å². The molecule has 0 bridgehead atoms. The van der Waals surface area contributed by atoms with Crippen LogP contribution >= 0.6 is 11.8 Å². The van der Waals surface area contributed by atoms with Crippen molar-refractivity contribution in [3.8, 4) is 5.75 Å². The molecular formula is C18H16N4O6S. The summed E-state index contributed by atoms with van der Waals surface area (Å²) in [5, 5.41) is 11.2. The average molecular weight is 416 g/mol. The van der Waals surface area contributed by atoms with E-state index in [1.54, 1.807) is 13.0 Å². The Morgan fingerprint density at radius 3 is 2.83 bits per heavy atom. The van der Waals surface area contributed by atoms with Crippen LogP contribution in [0.15, 0.2) is 40.3 Å². The number of carbonyl (C=O) groups is 1. The summed E-state index contributed by atoms with van der Waals surface area (Å²) in [5.74, 6) is 0.158. The van der Waals surface area contributed by atoms with Gasteiger partial charge in [-0.1, -0.05) is 17.8 Å². The molecule has 0 aliphatic heterocycles. The molecule has 29 heavy (non-hydrogen) atoms. The molecule has 3 rings (SSSR count). The van der Waals surface area contributed by atoms with Gasteiger partial charge in [-0.15, -0.1) is 0 Å². The van der Waals surface area contributed by atoms with E-state index in [9.17, 15) is 19.7 Å². The highest BCUT2D eigenvalue weighted by molar-refractivity contribution is 7.99. The number of nitro benzene ring substituents is 1. The Hall–Kier alpha value is -3.47. The Morgan fingerprint density at radius 1 is 1.31 bits per heavy atom. The molecule has 0 amide bonds. The molecular weight excluding hydrogens is 400 g/mol. The number of nitrogens with zero attached hydrogens (tertiary/aromatic N) is 3. The van der Waals surface area contributed by atoms with Gasteiger partial charge in [-0.25, -0.2) is 14.8 Å². The molecule has 0 fully saturated rings. The number of H-pyrrole nitrogens is 1. The maximum Gasteiger partial charge on any atom is 0.338 e. The van der Waals surface area contributed by atoms with Crippen LogP contribution in [0.5, 0.6) is 5.75 Å². The zero-order chi connectivity index (χ0) is 21.0. The number of benzene rings is 1. The maximum absolute atomic E-state index is 12.5.